The number of carbonyl (C=O) groups excluding carboxylic acids is 3. The summed E-state index contributed by atoms with van der Waals surface area (Å²) in [5.41, 5.74) is 17.9. The number of rotatable bonds is 11. The number of aromatic nitrogens is 3. The van der Waals surface area contributed by atoms with Crippen molar-refractivity contribution in [2.75, 3.05) is 32.1 Å². The summed E-state index contributed by atoms with van der Waals surface area (Å²) in [7, 11) is -1.66. The molecule has 1 saturated carbocycles. The summed E-state index contributed by atoms with van der Waals surface area (Å²) < 4.78 is 23.7. The van der Waals surface area contributed by atoms with E-state index in [0.717, 1.165) is 34.9 Å². The minimum atomic E-state index is -3.31. The molecule has 7 N–H and O–H groups in total. The molecule has 54 heavy (non-hydrogen) atoms. The van der Waals surface area contributed by atoms with Gasteiger partial charge in [0.1, 0.15) is 14.8 Å². The summed E-state index contributed by atoms with van der Waals surface area (Å²) >= 11 is 2.19. The maximum atomic E-state index is 13.6. The molecule has 0 radical (unpaired) electrons. The van der Waals surface area contributed by atoms with E-state index in [1.807, 2.05) is 13.8 Å². The number of nitrogen functional groups attached to an aromatic ring is 1. The third kappa shape index (κ3) is 7.90. The van der Waals surface area contributed by atoms with E-state index in [9.17, 15) is 22.8 Å². The van der Waals surface area contributed by atoms with Crippen molar-refractivity contribution in [3.05, 3.63) is 92.2 Å². The number of aliphatic imine (C=N–C) groups is 2. The first-order valence-electron chi connectivity index (χ1n) is 16.7. The van der Waals surface area contributed by atoms with Gasteiger partial charge >= 0.3 is 0 Å². The van der Waals surface area contributed by atoms with Gasteiger partial charge in [-0.2, -0.15) is 5.10 Å². The zero-order chi connectivity index (χ0) is 38.9. The normalized spacial score (nSPS) is 18.9. The van der Waals surface area contributed by atoms with Crippen LogP contribution in [0.4, 0.5) is 11.4 Å². The van der Waals surface area contributed by atoms with Gasteiger partial charge in [0.2, 0.25) is 0 Å². The second-order valence-electron chi connectivity index (χ2n) is 12.7. The summed E-state index contributed by atoms with van der Waals surface area (Å²) in [5.74, 6) is -1.05. The van der Waals surface area contributed by atoms with Gasteiger partial charge in [0.25, 0.3) is 17.7 Å². The van der Waals surface area contributed by atoms with Gasteiger partial charge in [0.15, 0.2) is 14.7 Å². The van der Waals surface area contributed by atoms with Gasteiger partial charge < -0.3 is 27.4 Å². The Balaban J connectivity index is 1.23. The molecule has 3 aromatic heterocycles. The lowest BCUT2D eigenvalue weighted by molar-refractivity contribution is -0.116. The van der Waals surface area contributed by atoms with Gasteiger partial charge in [-0.3, -0.25) is 24.4 Å². The molecule has 4 aromatic rings. The first kappa shape index (κ1) is 38.3. The maximum absolute atomic E-state index is 13.6. The lowest BCUT2D eigenvalue weighted by atomic mass is 10.0. The molecule has 6 rings (SSSR count). The Morgan fingerprint density at radius 1 is 0.963 bits per heavy atom. The molecule has 3 amide bonds. The quantitative estimate of drug-likeness (QED) is 0.109. The fraction of sp³-hybridized carbons (Fsp3) is 0.278. The Hall–Kier alpha value is -5.46. The highest BCUT2D eigenvalue weighted by Gasteiger charge is 2.40. The number of hydrogen-bond donors (Lipinski definition) is 5. The minimum Gasteiger partial charge on any atom is -0.397 e. The van der Waals surface area contributed by atoms with Crippen LogP contribution in [-0.2, 0) is 14.6 Å². The Bertz CT molecular complexity index is 2420. The van der Waals surface area contributed by atoms with E-state index in [2.05, 4.69) is 36.1 Å². The van der Waals surface area contributed by atoms with E-state index >= 15 is 0 Å². The summed E-state index contributed by atoms with van der Waals surface area (Å²) in [6, 6.07) is 9.72. The summed E-state index contributed by atoms with van der Waals surface area (Å²) in [5, 5.41) is 18.1. The molecule has 0 bridgehead atoms. The van der Waals surface area contributed by atoms with Gasteiger partial charge in [0, 0.05) is 67.6 Å². The zero-order valence-electron chi connectivity index (χ0n) is 30.1. The zero-order valence-corrected chi connectivity index (χ0v) is 32.5. The number of hydrogen-bond acceptors (Lipinski definition) is 14. The standard InChI is InChI=1S/C36H38N10O5S3/c1-17(18(2)39-4)25-27(37)30(33(48)42-15-14-41-32(47)21-10-12-40-13-11-21)52-35(25)44-29-19(3)45-46-36-26(29)28(38)31(53-36)34(49)43-24-16-23(24)20-6-8-22(9-7-20)54(5,50)51/h6-13,23-24H,14-16,37-38H2,1-5H3,(H,41,47)(H,42,48)(H,43,49)/b25-17-,39-18-,44-35-. The van der Waals surface area contributed by atoms with Crippen LogP contribution < -0.4 is 27.4 Å². The average molecular weight is 787 g/mol. The van der Waals surface area contributed by atoms with Crippen LogP contribution >= 0.6 is 23.1 Å². The van der Waals surface area contributed by atoms with Crippen molar-refractivity contribution in [2.24, 2.45) is 15.7 Å². The van der Waals surface area contributed by atoms with Crippen molar-refractivity contribution in [2.45, 2.75) is 44.0 Å². The van der Waals surface area contributed by atoms with Crippen molar-refractivity contribution in [1.29, 1.82) is 0 Å². The predicted molar refractivity (Wildman–Crippen MR) is 212 cm³/mol. The molecule has 0 spiro atoms. The number of allylic oxidation sites excluding steroid dienone is 2. The van der Waals surface area contributed by atoms with E-state index in [1.165, 1.54) is 12.4 Å². The predicted octanol–water partition coefficient (Wildman–Crippen LogP) is 3.57. The van der Waals surface area contributed by atoms with Crippen molar-refractivity contribution >= 4 is 83.0 Å². The third-order valence-electron chi connectivity index (χ3n) is 9.08. The van der Waals surface area contributed by atoms with Gasteiger partial charge in [-0.15, -0.1) is 16.4 Å². The van der Waals surface area contributed by atoms with E-state index in [1.54, 1.807) is 50.4 Å². The number of nitrogens with two attached hydrogens (primary N) is 2. The smallest absolute Gasteiger partial charge is 0.263 e. The van der Waals surface area contributed by atoms with Crippen LogP contribution in [0.2, 0.25) is 0 Å². The van der Waals surface area contributed by atoms with Crippen molar-refractivity contribution in [3.8, 4) is 0 Å². The summed E-state index contributed by atoms with van der Waals surface area (Å²) in [6.45, 7) is 5.73. The van der Waals surface area contributed by atoms with Crippen LogP contribution in [0.25, 0.3) is 10.2 Å². The minimum absolute atomic E-state index is 0.0419. The Morgan fingerprint density at radius 2 is 1.63 bits per heavy atom. The number of carbonyl (C=O) groups is 3. The molecule has 2 unspecified atom stereocenters. The van der Waals surface area contributed by atoms with Gasteiger partial charge in [0.05, 0.1) is 33.0 Å². The molecular weight excluding hydrogens is 749 g/mol. The topological polar surface area (TPSA) is 237 Å². The lowest BCUT2D eigenvalue weighted by Gasteiger charge is -2.09. The Labute approximate surface area is 319 Å². The second-order valence-corrected chi connectivity index (χ2v) is 16.8. The number of anilines is 1. The molecule has 15 nitrogen and oxygen atoms in total. The number of thioether (sulfide) groups is 1. The number of benzene rings is 1. The van der Waals surface area contributed by atoms with E-state index in [4.69, 9.17) is 16.5 Å². The number of amides is 3. The highest BCUT2D eigenvalue weighted by Crippen LogP contribution is 2.45. The number of thiophene rings is 1. The highest BCUT2D eigenvalue weighted by molar-refractivity contribution is 8.19. The Morgan fingerprint density at radius 3 is 2.28 bits per heavy atom. The molecule has 4 heterocycles. The number of nitrogens with one attached hydrogen (secondary N) is 3. The molecule has 18 heteroatoms. The molecule has 0 saturated heterocycles. The fourth-order valence-electron chi connectivity index (χ4n) is 5.83. The molecule has 2 aliphatic rings. The summed E-state index contributed by atoms with van der Waals surface area (Å²) in [4.78, 5) is 53.7. The molecule has 1 aliphatic heterocycles. The molecular formula is C36H38N10O5S3. The van der Waals surface area contributed by atoms with Crippen LogP contribution in [0, 0.1) is 6.92 Å². The van der Waals surface area contributed by atoms with Gasteiger partial charge in [-0.1, -0.05) is 23.9 Å². The number of aryl methyl sites for hydroxylation is 1. The van der Waals surface area contributed by atoms with Crippen molar-refractivity contribution in [3.63, 3.8) is 0 Å². The SMILES string of the molecule is C\N=C(C)/C(C)=C1/C(N)=C(C(=O)NCCNC(=O)c2ccncc2)S/C1=N\c1c(C)nnc2sc(C(=O)NC3CC3c3ccc(S(C)(=O)=O)cc3)c(N)c12. The molecule has 2 atom stereocenters. The molecule has 280 valence electrons. The van der Waals surface area contributed by atoms with E-state index in [-0.39, 0.29) is 62.9 Å². The van der Waals surface area contributed by atoms with Gasteiger partial charge in [-0.05, 0) is 62.6 Å². The number of fused-ring (bicyclic) bond motifs is 1. The third-order valence-corrected chi connectivity index (χ3v) is 12.4. The number of sulfone groups is 1. The van der Waals surface area contributed by atoms with Crippen molar-refractivity contribution in [1.82, 2.24) is 31.1 Å². The number of nitrogens with zero attached hydrogens (tertiary/aromatic N) is 5. The molecule has 1 fully saturated rings. The first-order chi connectivity index (χ1) is 25.7. The fourth-order valence-corrected chi connectivity index (χ4v) is 8.48. The number of pyridine rings is 1. The average Bonchev–Trinajstić information content (AvgIpc) is 3.73. The van der Waals surface area contributed by atoms with Crippen LogP contribution in [0.15, 0.2) is 85.4 Å². The van der Waals surface area contributed by atoms with E-state index in [0.29, 0.717) is 55.5 Å². The highest BCUT2D eigenvalue weighted by atomic mass is 32.2. The van der Waals surface area contributed by atoms with Crippen LogP contribution in [0.1, 0.15) is 57.5 Å². The molecule has 1 aromatic carbocycles. The second kappa shape index (κ2) is 15.5. The maximum Gasteiger partial charge on any atom is 0.263 e. The molecule has 1 aliphatic carbocycles. The monoisotopic (exact) mass is 786 g/mol. The first-order valence-corrected chi connectivity index (χ1v) is 20.3. The van der Waals surface area contributed by atoms with Crippen molar-refractivity contribution < 1.29 is 22.8 Å². The van der Waals surface area contributed by atoms with E-state index < -0.39 is 15.7 Å². The summed E-state index contributed by atoms with van der Waals surface area (Å²) in [6.07, 6.45) is 4.91. The van der Waals surface area contributed by atoms with Crippen LogP contribution in [0.5, 0.6) is 0 Å². The Kier molecular flexibility index (Phi) is 11.0. The van der Waals surface area contributed by atoms with Crippen LogP contribution in [-0.4, -0.2) is 84.5 Å². The van der Waals surface area contributed by atoms with Crippen LogP contribution in [0.3, 0.4) is 0 Å². The largest absolute Gasteiger partial charge is 0.397 e. The van der Waals surface area contributed by atoms with Gasteiger partial charge in [-0.25, -0.2) is 13.4 Å². The lowest BCUT2D eigenvalue weighted by Crippen LogP contribution is -2.35.